The fourth-order valence-corrected chi connectivity index (χ4v) is 2.82. The molecule has 0 amide bonds. The summed E-state index contributed by atoms with van der Waals surface area (Å²) in [4.78, 5) is 25.0. The average Bonchev–Trinajstić information content (AvgIpc) is 2.94. The van der Waals surface area contributed by atoms with E-state index in [2.05, 4.69) is 21.2 Å². The van der Waals surface area contributed by atoms with Gasteiger partial charge in [-0.25, -0.2) is 4.79 Å². The fourth-order valence-electron chi connectivity index (χ4n) is 2.42. The van der Waals surface area contributed by atoms with Crippen molar-refractivity contribution in [2.24, 2.45) is 0 Å². The number of ketones is 1. The Morgan fingerprint density at radius 1 is 1.26 bits per heavy atom. The predicted octanol–water partition coefficient (Wildman–Crippen LogP) is 3.98. The van der Waals surface area contributed by atoms with Gasteiger partial charge in [0.2, 0.25) is 11.7 Å². The summed E-state index contributed by atoms with van der Waals surface area (Å²) in [6.07, 6.45) is 1.49. The van der Waals surface area contributed by atoms with Crippen LogP contribution in [0.5, 0.6) is 5.75 Å². The van der Waals surface area contributed by atoms with E-state index >= 15 is 0 Å². The van der Waals surface area contributed by atoms with Gasteiger partial charge in [0.1, 0.15) is 5.75 Å². The number of carbonyl (C=O) groups is 2. The van der Waals surface area contributed by atoms with Crippen LogP contribution >= 0.6 is 15.9 Å². The summed E-state index contributed by atoms with van der Waals surface area (Å²) in [5, 5.41) is 12.5. The minimum atomic E-state index is -0.754. The molecule has 2 aromatic carbocycles. The van der Waals surface area contributed by atoms with Crippen molar-refractivity contribution in [3.63, 3.8) is 0 Å². The largest absolute Gasteiger partial charge is 0.507 e. The zero-order valence-electron chi connectivity index (χ0n) is 14.4. The van der Waals surface area contributed by atoms with Gasteiger partial charge in [-0.05, 0) is 58.8 Å². The minimum Gasteiger partial charge on any atom is -0.507 e. The van der Waals surface area contributed by atoms with Gasteiger partial charge in [-0.15, -0.1) is 0 Å². The van der Waals surface area contributed by atoms with E-state index in [1.54, 1.807) is 31.2 Å². The minimum absolute atomic E-state index is 0.0194. The van der Waals surface area contributed by atoms with Crippen molar-refractivity contribution in [2.45, 2.75) is 6.92 Å². The van der Waals surface area contributed by atoms with Crippen LogP contribution in [0.3, 0.4) is 0 Å². The third-order valence-corrected chi connectivity index (χ3v) is 4.31. The van der Waals surface area contributed by atoms with Crippen LogP contribution in [-0.2, 0) is 19.1 Å². The lowest BCUT2D eigenvalue weighted by Gasteiger charge is -2.08. The highest BCUT2D eigenvalue weighted by Crippen LogP contribution is 2.30. The number of para-hydroxylation sites is 1. The summed E-state index contributed by atoms with van der Waals surface area (Å²) >= 11 is 3.22. The molecule has 7 heteroatoms. The monoisotopic (exact) mass is 429 g/mol. The second-order valence-corrected chi connectivity index (χ2v) is 6.42. The van der Waals surface area contributed by atoms with Crippen molar-refractivity contribution in [3.8, 4) is 5.75 Å². The standard InChI is InChI=1S/C20H16BrNO5/c1-2-26-20(25)17-18(24)16(11-12-8-9-15(23)14(21)10-12)27-19(17)22-13-6-4-3-5-7-13/h3-11,22-23H,2H2,1H3/b16-11+. The van der Waals surface area contributed by atoms with Crippen molar-refractivity contribution >= 4 is 39.4 Å². The molecular weight excluding hydrogens is 414 g/mol. The number of hydrogen-bond acceptors (Lipinski definition) is 6. The molecule has 1 heterocycles. The van der Waals surface area contributed by atoms with E-state index in [1.165, 1.54) is 12.1 Å². The lowest BCUT2D eigenvalue weighted by molar-refractivity contribution is -0.139. The Bertz CT molecular complexity index is 950. The molecule has 3 rings (SSSR count). The molecule has 27 heavy (non-hydrogen) atoms. The van der Waals surface area contributed by atoms with Gasteiger partial charge in [-0.3, -0.25) is 4.79 Å². The number of carbonyl (C=O) groups excluding carboxylic acids is 2. The topological polar surface area (TPSA) is 84.9 Å². The Hall–Kier alpha value is -3.06. The van der Waals surface area contributed by atoms with E-state index in [9.17, 15) is 14.7 Å². The number of phenolic OH excluding ortho intramolecular Hbond substituents is 1. The summed E-state index contributed by atoms with van der Waals surface area (Å²) in [7, 11) is 0. The maximum atomic E-state index is 12.7. The maximum Gasteiger partial charge on any atom is 0.347 e. The molecule has 1 aliphatic heterocycles. The van der Waals surface area contributed by atoms with E-state index in [0.29, 0.717) is 15.7 Å². The third kappa shape index (κ3) is 4.20. The number of ether oxygens (including phenoxy) is 2. The van der Waals surface area contributed by atoms with Gasteiger partial charge >= 0.3 is 5.97 Å². The summed E-state index contributed by atoms with van der Waals surface area (Å²) < 4.78 is 11.1. The van der Waals surface area contributed by atoms with E-state index in [0.717, 1.165) is 0 Å². The Labute approximate surface area is 164 Å². The smallest absolute Gasteiger partial charge is 0.347 e. The molecule has 0 spiro atoms. The number of halogens is 1. The van der Waals surface area contributed by atoms with Gasteiger partial charge in [-0.1, -0.05) is 24.3 Å². The molecule has 0 aromatic heterocycles. The predicted molar refractivity (Wildman–Crippen MR) is 104 cm³/mol. The highest BCUT2D eigenvalue weighted by molar-refractivity contribution is 9.10. The lowest BCUT2D eigenvalue weighted by Crippen LogP contribution is -2.16. The second-order valence-electron chi connectivity index (χ2n) is 5.57. The van der Waals surface area contributed by atoms with Crippen LogP contribution in [0.1, 0.15) is 12.5 Å². The van der Waals surface area contributed by atoms with Gasteiger partial charge in [0.15, 0.2) is 11.3 Å². The van der Waals surface area contributed by atoms with Gasteiger partial charge in [0, 0.05) is 5.69 Å². The summed E-state index contributed by atoms with van der Waals surface area (Å²) in [6.45, 7) is 1.80. The number of hydrogen-bond donors (Lipinski definition) is 2. The van der Waals surface area contributed by atoms with Crippen LogP contribution in [0.15, 0.2) is 70.2 Å². The molecule has 2 N–H and O–H groups in total. The van der Waals surface area contributed by atoms with Crippen molar-refractivity contribution < 1.29 is 24.2 Å². The van der Waals surface area contributed by atoms with Gasteiger partial charge < -0.3 is 19.9 Å². The van der Waals surface area contributed by atoms with Crippen LogP contribution in [0.4, 0.5) is 5.69 Å². The lowest BCUT2D eigenvalue weighted by atomic mass is 10.1. The van der Waals surface area contributed by atoms with Crippen LogP contribution in [0, 0.1) is 0 Å². The number of aromatic hydroxyl groups is 1. The Morgan fingerprint density at radius 2 is 2.00 bits per heavy atom. The van der Waals surface area contributed by atoms with Crippen molar-refractivity contribution in [1.29, 1.82) is 0 Å². The van der Waals surface area contributed by atoms with E-state index in [4.69, 9.17) is 9.47 Å². The molecule has 0 atom stereocenters. The normalized spacial score (nSPS) is 15.0. The number of nitrogens with one attached hydrogen (secondary N) is 1. The first-order valence-electron chi connectivity index (χ1n) is 8.16. The number of allylic oxidation sites excluding steroid dienone is 1. The molecule has 2 aromatic rings. The maximum absolute atomic E-state index is 12.7. The molecule has 0 saturated carbocycles. The van der Waals surface area contributed by atoms with Crippen molar-refractivity contribution in [1.82, 2.24) is 0 Å². The molecule has 0 aliphatic carbocycles. The fraction of sp³-hybridized carbons (Fsp3) is 0.100. The van der Waals surface area contributed by atoms with E-state index in [-0.39, 0.29) is 29.6 Å². The van der Waals surface area contributed by atoms with Crippen molar-refractivity contribution in [2.75, 3.05) is 11.9 Å². The zero-order valence-corrected chi connectivity index (χ0v) is 15.9. The highest BCUT2D eigenvalue weighted by atomic mass is 79.9. The number of esters is 1. The van der Waals surface area contributed by atoms with Gasteiger partial charge in [0.25, 0.3) is 0 Å². The number of benzene rings is 2. The highest BCUT2D eigenvalue weighted by Gasteiger charge is 2.37. The molecular formula is C20H16BrNO5. The van der Waals surface area contributed by atoms with Gasteiger partial charge in [-0.2, -0.15) is 0 Å². The van der Waals surface area contributed by atoms with Gasteiger partial charge in [0.05, 0.1) is 11.1 Å². The molecule has 1 aliphatic rings. The molecule has 0 bridgehead atoms. The molecule has 138 valence electrons. The first kappa shape index (κ1) is 18.7. The Kier molecular flexibility index (Phi) is 5.61. The quantitative estimate of drug-likeness (QED) is 0.424. The third-order valence-electron chi connectivity index (χ3n) is 3.67. The SMILES string of the molecule is CCOC(=O)C1=C(Nc2ccccc2)O/C(=C/c2ccc(O)c(Br)c2)C1=O. The molecule has 0 saturated heterocycles. The van der Waals surface area contributed by atoms with E-state index < -0.39 is 11.8 Å². The van der Waals surface area contributed by atoms with Crippen LogP contribution < -0.4 is 5.32 Å². The summed E-state index contributed by atoms with van der Waals surface area (Å²) in [5.41, 5.74) is 1.09. The number of Topliss-reactive ketones (excluding diaryl/α,β-unsaturated/α-hetero) is 1. The number of rotatable bonds is 5. The summed E-state index contributed by atoms with van der Waals surface area (Å²) in [5.74, 6) is -1.25. The molecule has 0 fully saturated rings. The Morgan fingerprint density at radius 3 is 2.67 bits per heavy atom. The zero-order chi connectivity index (χ0) is 19.4. The van der Waals surface area contributed by atoms with Crippen LogP contribution in [0.25, 0.3) is 6.08 Å². The molecule has 6 nitrogen and oxygen atoms in total. The van der Waals surface area contributed by atoms with E-state index in [1.807, 2.05) is 18.2 Å². The second kappa shape index (κ2) is 8.09. The summed E-state index contributed by atoms with van der Waals surface area (Å²) in [6, 6.07) is 13.8. The number of phenols is 1. The molecule has 0 radical (unpaired) electrons. The Balaban J connectivity index is 1.95. The van der Waals surface area contributed by atoms with Crippen molar-refractivity contribution in [3.05, 3.63) is 75.8 Å². The van der Waals surface area contributed by atoms with Crippen LogP contribution in [0.2, 0.25) is 0 Å². The first-order valence-corrected chi connectivity index (χ1v) is 8.95. The number of anilines is 1. The first-order chi connectivity index (χ1) is 13.0. The van der Waals surface area contributed by atoms with Crippen LogP contribution in [-0.4, -0.2) is 23.5 Å². The molecule has 0 unspecified atom stereocenters. The average molecular weight is 430 g/mol.